The summed E-state index contributed by atoms with van der Waals surface area (Å²) >= 11 is 0. The first-order chi connectivity index (χ1) is 15.1. The van der Waals surface area contributed by atoms with Crippen molar-refractivity contribution in [3.8, 4) is 6.07 Å². The number of aliphatic carboxylic acids is 1. The molecule has 0 bridgehead atoms. The lowest BCUT2D eigenvalue weighted by Gasteiger charge is -2.40. The van der Waals surface area contributed by atoms with Crippen LogP contribution in [-0.4, -0.2) is 51.2 Å². The van der Waals surface area contributed by atoms with Gasteiger partial charge in [0.05, 0.1) is 29.7 Å². The standard InChI is InChI=1S/C24H25N5O2/c1-18(20-9-7-19(13-25)8-10-20)29-17-26-14-22(29)15-27-11-12-28(23(16-27)24(30)31)21-5-3-2-4-6-21/h2-10,14,17-18,23H,11-12,15-16H2,1H3,(H,30,31). The number of nitriles is 1. The van der Waals surface area contributed by atoms with Gasteiger partial charge in [0.2, 0.25) is 0 Å². The van der Waals surface area contributed by atoms with Crippen molar-refractivity contribution in [2.45, 2.75) is 25.6 Å². The monoisotopic (exact) mass is 415 g/mol. The smallest absolute Gasteiger partial charge is 0.327 e. The van der Waals surface area contributed by atoms with E-state index in [1.165, 1.54) is 0 Å². The molecular formula is C24H25N5O2. The predicted molar refractivity (Wildman–Crippen MR) is 118 cm³/mol. The van der Waals surface area contributed by atoms with Crippen LogP contribution in [0.3, 0.4) is 0 Å². The van der Waals surface area contributed by atoms with Crippen LogP contribution in [0, 0.1) is 11.3 Å². The summed E-state index contributed by atoms with van der Waals surface area (Å²) in [7, 11) is 0. The lowest BCUT2D eigenvalue weighted by atomic mass is 10.1. The minimum atomic E-state index is -0.812. The molecule has 158 valence electrons. The number of carboxylic acids is 1. The molecule has 2 atom stereocenters. The van der Waals surface area contributed by atoms with E-state index in [0.29, 0.717) is 25.2 Å². The van der Waals surface area contributed by atoms with E-state index in [1.54, 1.807) is 0 Å². The Bertz CT molecular complexity index is 1070. The third-order valence-corrected chi connectivity index (χ3v) is 5.91. The number of para-hydroxylation sites is 1. The average molecular weight is 415 g/mol. The van der Waals surface area contributed by atoms with Crippen LogP contribution in [0.15, 0.2) is 67.1 Å². The van der Waals surface area contributed by atoms with E-state index in [4.69, 9.17) is 5.26 Å². The molecule has 0 radical (unpaired) electrons. The fourth-order valence-corrected chi connectivity index (χ4v) is 4.15. The molecule has 0 aliphatic carbocycles. The lowest BCUT2D eigenvalue weighted by molar-refractivity contribution is -0.139. The van der Waals surface area contributed by atoms with Gasteiger partial charge in [0, 0.05) is 38.1 Å². The molecular weight excluding hydrogens is 390 g/mol. The number of nitrogens with zero attached hydrogens (tertiary/aromatic N) is 5. The van der Waals surface area contributed by atoms with Gasteiger partial charge in [-0.1, -0.05) is 30.3 Å². The van der Waals surface area contributed by atoms with Gasteiger partial charge in [-0.3, -0.25) is 4.90 Å². The van der Waals surface area contributed by atoms with Gasteiger partial charge in [-0.25, -0.2) is 9.78 Å². The molecule has 0 spiro atoms. The summed E-state index contributed by atoms with van der Waals surface area (Å²) in [5.41, 5.74) is 3.71. The Balaban J connectivity index is 1.49. The fourth-order valence-electron chi connectivity index (χ4n) is 4.15. The molecule has 2 unspecified atom stereocenters. The molecule has 1 fully saturated rings. The van der Waals surface area contributed by atoms with Crippen LogP contribution in [0.2, 0.25) is 0 Å². The molecule has 31 heavy (non-hydrogen) atoms. The molecule has 1 aliphatic heterocycles. The van der Waals surface area contributed by atoms with Gasteiger partial charge in [0.1, 0.15) is 6.04 Å². The van der Waals surface area contributed by atoms with Crippen LogP contribution in [0.5, 0.6) is 0 Å². The first-order valence-corrected chi connectivity index (χ1v) is 10.3. The number of anilines is 1. The van der Waals surface area contributed by atoms with Crippen molar-refractivity contribution < 1.29 is 9.90 Å². The van der Waals surface area contributed by atoms with Crippen molar-refractivity contribution in [1.29, 1.82) is 5.26 Å². The van der Waals surface area contributed by atoms with E-state index in [-0.39, 0.29) is 6.04 Å². The summed E-state index contributed by atoms with van der Waals surface area (Å²) < 4.78 is 2.11. The molecule has 4 rings (SSSR count). The summed E-state index contributed by atoms with van der Waals surface area (Å²) in [4.78, 5) is 20.5. The maximum absolute atomic E-state index is 12.0. The molecule has 1 N–H and O–H groups in total. The average Bonchev–Trinajstić information content (AvgIpc) is 3.27. The number of carbonyl (C=O) groups is 1. The van der Waals surface area contributed by atoms with E-state index in [2.05, 4.69) is 27.4 Å². The Kier molecular flexibility index (Phi) is 6.01. The zero-order valence-corrected chi connectivity index (χ0v) is 17.4. The van der Waals surface area contributed by atoms with Crippen LogP contribution in [0.4, 0.5) is 5.69 Å². The largest absolute Gasteiger partial charge is 0.480 e. The maximum Gasteiger partial charge on any atom is 0.327 e. The minimum Gasteiger partial charge on any atom is -0.480 e. The number of aromatic nitrogens is 2. The van der Waals surface area contributed by atoms with E-state index < -0.39 is 12.0 Å². The number of imidazole rings is 1. The normalized spacial score (nSPS) is 17.8. The topological polar surface area (TPSA) is 85.4 Å². The van der Waals surface area contributed by atoms with E-state index >= 15 is 0 Å². The molecule has 2 aromatic carbocycles. The lowest BCUT2D eigenvalue weighted by Crippen LogP contribution is -2.56. The second-order valence-corrected chi connectivity index (χ2v) is 7.82. The Morgan fingerprint density at radius 1 is 1.19 bits per heavy atom. The number of hydrogen-bond acceptors (Lipinski definition) is 5. The van der Waals surface area contributed by atoms with Crippen molar-refractivity contribution in [2.24, 2.45) is 0 Å². The molecule has 1 saturated heterocycles. The fraction of sp³-hybridized carbons (Fsp3) is 0.292. The molecule has 2 heterocycles. The maximum atomic E-state index is 12.0. The van der Waals surface area contributed by atoms with Crippen LogP contribution in [-0.2, 0) is 11.3 Å². The highest BCUT2D eigenvalue weighted by molar-refractivity contribution is 5.79. The van der Waals surface area contributed by atoms with E-state index in [0.717, 1.165) is 23.5 Å². The van der Waals surface area contributed by atoms with E-state index in [9.17, 15) is 9.90 Å². The number of carboxylic acid groups (broad SMARTS) is 1. The van der Waals surface area contributed by atoms with Crippen molar-refractivity contribution in [3.05, 3.63) is 83.9 Å². The summed E-state index contributed by atoms with van der Waals surface area (Å²) in [6.45, 7) is 4.60. The summed E-state index contributed by atoms with van der Waals surface area (Å²) in [6.07, 6.45) is 3.66. The Hall–Kier alpha value is -3.63. The number of rotatable bonds is 6. The highest BCUT2D eigenvalue weighted by Gasteiger charge is 2.32. The van der Waals surface area contributed by atoms with Gasteiger partial charge in [0.25, 0.3) is 0 Å². The molecule has 7 nitrogen and oxygen atoms in total. The third kappa shape index (κ3) is 4.44. The molecule has 1 aliphatic rings. The Labute approximate surface area is 181 Å². The summed E-state index contributed by atoms with van der Waals surface area (Å²) in [5.74, 6) is -0.812. The van der Waals surface area contributed by atoms with E-state index in [1.807, 2.05) is 72.0 Å². The van der Waals surface area contributed by atoms with Crippen LogP contribution >= 0.6 is 0 Å². The second-order valence-electron chi connectivity index (χ2n) is 7.82. The number of hydrogen-bond donors (Lipinski definition) is 1. The molecule has 0 saturated carbocycles. The SMILES string of the molecule is CC(c1ccc(C#N)cc1)n1cncc1CN1CCN(c2ccccc2)C(C(=O)O)C1. The van der Waals surface area contributed by atoms with Gasteiger partial charge in [-0.15, -0.1) is 0 Å². The molecule has 3 aromatic rings. The number of benzene rings is 2. The quantitative estimate of drug-likeness (QED) is 0.666. The minimum absolute atomic E-state index is 0.0612. The number of piperazine rings is 1. The zero-order valence-electron chi connectivity index (χ0n) is 17.4. The van der Waals surface area contributed by atoms with Crippen LogP contribution in [0.25, 0.3) is 0 Å². The van der Waals surface area contributed by atoms with Crippen molar-refractivity contribution in [2.75, 3.05) is 24.5 Å². The molecule has 1 aromatic heterocycles. The third-order valence-electron chi connectivity index (χ3n) is 5.91. The first-order valence-electron chi connectivity index (χ1n) is 10.3. The van der Waals surface area contributed by atoms with Gasteiger partial charge >= 0.3 is 5.97 Å². The van der Waals surface area contributed by atoms with Crippen LogP contribution < -0.4 is 4.90 Å². The Morgan fingerprint density at radius 3 is 2.61 bits per heavy atom. The summed E-state index contributed by atoms with van der Waals surface area (Å²) in [5, 5.41) is 18.9. The van der Waals surface area contributed by atoms with Crippen LogP contribution in [0.1, 0.15) is 29.8 Å². The van der Waals surface area contributed by atoms with Crippen molar-refractivity contribution in [1.82, 2.24) is 14.5 Å². The van der Waals surface area contributed by atoms with Crippen molar-refractivity contribution in [3.63, 3.8) is 0 Å². The first kappa shape index (κ1) is 20.6. The van der Waals surface area contributed by atoms with Gasteiger partial charge in [-0.05, 0) is 36.8 Å². The van der Waals surface area contributed by atoms with Gasteiger partial charge in [-0.2, -0.15) is 5.26 Å². The predicted octanol–water partition coefficient (Wildman–Crippen LogP) is 3.14. The van der Waals surface area contributed by atoms with Gasteiger partial charge in [0.15, 0.2) is 0 Å². The zero-order chi connectivity index (χ0) is 21.8. The Morgan fingerprint density at radius 2 is 1.94 bits per heavy atom. The highest BCUT2D eigenvalue weighted by atomic mass is 16.4. The molecule has 7 heteroatoms. The molecule has 0 amide bonds. The van der Waals surface area contributed by atoms with Crippen molar-refractivity contribution >= 4 is 11.7 Å². The summed E-state index contributed by atoms with van der Waals surface area (Å²) in [6, 6.07) is 18.9. The van der Waals surface area contributed by atoms with Gasteiger partial charge < -0.3 is 14.6 Å². The second kappa shape index (κ2) is 9.02. The highest BCUT2D eigenvalue weighted by Crippen LogP contribution is 2.24.